The van der Waals surface area contributed by atoms with Gasteiger partial charge in [0, 0.05) is 5.57 Å². The number of carbonyl (C=O) groups is 1. The second kappa shape index (κ2) is 34.4. The molecule has 2 nitrogen and oxygen atoms in total. The van der Waals surface area contributed by atoms with E-state index in [1.165, 1.54) is 186 Å². The first-order valence-electron chi connectivity index (χ1n) is 18.6. The first-order valence-corrected chi connectivity index (χ1v) is 18.6. The average molecular weight is 563 g/mol. The van der Waals surface area contributed by atoms with Gasteiger partial charge in [0.25, 0.3) is 0 Å². The molecule has 0 aromatic carbocycles. The van der Waals surface area contributed by atoms with Gasteiger partial charge in [-0.1, -0.05) is 200 Å². The molecule has 0 aliphatic carbocycles. The van der Waals surface area contributed by atoms with Crippen molar-refractivity contribution in [3.8, 4) is 0 Å². The Morgan fingerprint density at radius 2 is 0.700 bits per heavy atom. The number of esters is 1. The standard InChI is InChI=1S/C38H74O2/c1-4-6-8-10-12-14-16-18-20-22-24-26-28-30-32-34-36-40-38(39)37(3)35-33-31-29-27-25-23-21-19-17-15-13-11-9-7-5-2/h35H,4-34,36H2,1-3H3. The Balaban J connectivity index is 3.34. The van der Waals surface area contributed by atoms with E-state index in [2.05, 4.69) is 19.9 Å². The third-order valence-corrected chi connectivity index (χ3v) is 8.56. The van der Waals surface area contributed by atoms with Gasteiger partial charge in [0.2, 0.25) is 0 Å². The Hall–Kier alpha value is -0.790. The predicted molar refractivity (Wildman–Crippen MR) is 179 cm³/mol. The maximum atomic E-state index is 12.2. The van der Waals surface area contributed by atoms with Gasteiger partial charge in [-0.2, -0.15) is 0 Å². The molecule has 0 spiro atoms. The van der Waals surface area contributed by atoms with Gasteiger partial charge in [-0.15, -0.1) is 0 Å². The first-order chi connectivity index (χ1) is 19.7. The number of allylic oxidation sites excluding steroid dienone is 1. The fourth-order valence-electron chi connectivity index (χ4n) is 5.67. The smallest absolute Gasteiger partial charge is 0.333 e. The summed E-state index contributed by atoms with van der Waals surface area (Å²) in [4.78, 5) is 12.2. The molecule has 0 amide bonds. The van der Waals surface area contributed by atoms with Gasteiger partial charge in [0.1, 0.15) is 0 Å². The summed E-state index contributed by atoms with van der Waals surface area (Å²) in [5.41, 5.74) is 0.797. The average Bonchev–Trinajstić information content (AvgIpc) is 2.96. The van der Waals surface area contributed by atoms with Gasteiger partial charge in [-0.25, -0.2) is 4.79 Å². The van der Waals surface area contributed by atoms with Crippen LogP contribution >= 0.6 is 0 Å². The summed E-state index contributed by atoms with van der Waals surface area (Å²) in [6.45, 7) is 7.08. The summed E-state index contributed by atoms with van der Waals surface area (Å²) in [5.74, 6) is -0.105. The third kappa shape index (κ3) is 31.7. The lowest BCUT2D eigenvalue weighted by molar-refractivity contribution is -0.139. The SMILES string of the molecule is CCCCCCCCCCCCCCCCC=C(C)C(=O)OCCCCCCCCCCCCCCCCCC. The van der Waals surface area contributed by atoms with Gasteiger partial charge < -0.3 is 4.74 Å². The van der Waals surface area contributed by atoms with Crippen LogP contribution in [0.25, 0.3) is 0 Å². The molecular formula is C38H74O2. The largest absolute Gasteiger partial charge is 0.462 e. The number of hydrogen-bond donors (Lipinski definition) is 0. The van der Waals surface area contributed by atoms with E-state index in [9.17, 15) is 4.79 Å². The molecule has 238 valence electrons. The molecule has 2 heteroatoms. The summed E-state index contributed by atoms with van der Waals surface area (Å²) in [6, 6.07) is 0. The third-order valence-electron chi connectivity index (χ3n) is 8.56. The van der Waals surface area contributed by atoms with Crippen molar-refractivity contribution in [2.24, 2.45) is 0 Å². The van der Waals surface area contributed by atoms with E-state index in [0.717, 1.165) is 18.4 Å². The highest BCUT2D eigenvalue weighted by molar-refractivity contribution is 5.87. The van der Waals surface area contributed by atoms with E-state index in [1.807, 2.05) is 6.92 Å². The second-order valence-corrected chi connectivity index (χ2v) is 12.7. The number of rotatable bonds is 33. The fourth-order valence-corrected chi connectivity index (χ4v) is 5.67. The zero-order valence-electron chi connectivity index (χ0n) is 28.0. The molecule has 0 fully saturated rings. The Kier molecular flexibility index (Phi) is 33.7. The van der Waals surface area contributed by atoms with Gasteiger partial charge in [-0.05, 0) is 26.2 Å². The van der Waals surface area contributed by atoms with Crippen LogP contribution in [0, 0.1) is 0 Å². The molecule has 0 aliphatic rings. The molecule has 0 heterocycles. The first kappa shape index (κ1) is 39.2. The number of hydrogen-bond acceptors (Lipinski definition) is 2. The molecule has 0 aromatic heterocycles. The van der Waals surface area contributed by atoms with Crippen molar-refractivity contribution in [1.29, 1.82) is 0 Å². The van der Waals surface area contributed by atoms with Crippen LogP contribution in [-0.2, 0) is 9.53 Å². The van der Waals surface area contributed by atoms with Gasteiger partial charge in [0.05, 0.1) is 6.61 Å². The van der Waals surface area contributed by atoms with Crippen LogP contribution in [0.15, 0.2) is 11.6 Å². The van der Waals surface area contributed by atoms with Gasteiger partial charge in [0.15, 0.2) is 0 Å². The van der Waals surface area contributed by atoms with E-state index < -0.39 is 0 Å². The van der Waals surface area contributed by atoms with E-state index >= 15 is 0 Å². The minimum atomic E-state index is -0.105. The molecular weight excluding hydrogens is 488 g/mol. The minimum absolute atomic E-state index is 0.105. The molecule has 0 rings (SSSR count). The van der Waals surface area contributed by atoms with Crippen molar-refractivity contribution >= 4 is 5.97 Å². The van der Waals surface area contributed by atoms with Gasteiger partial charge in [-0.3, -0.25) is 0 Å². The van der Waals surface area contributed by atoms with Crippen LogP contribution in [0.5, 0.6) is 0 Å². The molecule has 0 unspecified atom stereocenters. The Labute approximate surface area is 253 Å². The normalized spacial score (nSPS) is 11.8. The quantitative estimate of drug-likeness (QED) is 0.0451. The summed E-state index contributed by atoms with van der Waals surface area (Å²) >= 11 is 0. The van der Waals surface area contributed by atoms with Crippen LogP contribution in [0.4, 0.5) is 0 Å². The van der Waals surface area contributed by atoms with Crippen molar-refractivity contribution in [3.05, 3.63) is 11.6 Å². The lowest BCUT2D eigenvalue weighted by Crippen LogP contribution is -2.07. The van der Waals surface area contributed by atoms with Crippen LogP contribution < -0.4 is 0 Å². The molecule has 0 saturated heterocycles. The maximum absolute atomic E-state index is 12.2. The summed E-state index contributed by atoms with van der Waals surface area (Å²) in [5, 5.41) is 0. The number of unbranched alkanes of at least 4 members (excludes halogenated alkanes) is 29. The Bertz CT molecular complexity index is 524. The monoisotopic (exact) mass is 563 g/mol. The van der Waals surface area contributed by atoms with Crippen molar-refractivity contribution in [1.82, 2.24) is 0 Å². The van der Waals surface area contributed by atoms with Crippen LogP contribution in [0.1, 0.15) is 220 Å². The highest BCUT2D eigenvalue weighted by Crippen LogP contribution is 2.15. The fraction of sp³-hybridized carbons (Fsp3) is 0.921. The Morgan fingerprint density at radius 3 is 1.02 bits per heavy atom. The molecule has 0 aliphatic heterocycles. The van der Waals surface area contributed by atoms with E-state index in [4.69, 9.17) is 4.74 Å². The molecule has 0 atom stereocenters. The zero-order valence-corrected chi connectivity index (χ0v) is 28.0. The van der Waals surface area contributed by atoms with Crippen molar-refractivity contribution in [3.63, 3.8) is 0 Å². The van der Waals surface area contributed by atoms with Crippen LogP contribution in [-0.4, -0.2) is 12.6 Å². The highest BCUT2D eigenvalue weighted by atomic mass is 16.5. The molecule has 0 aromatic rings. The van der Waals surface area contributed by atoms with Crippen molar-refractivity contribution in [2.45, 2.75) is 220 Å². The molecule has 0 radical (unpaired) electrons. The number of carbonyl (C=O) groups excluding carboxylic acids is 1. The summed E-state index contributed by atoms with van der Waals surface area (Å²) in [7, 11) is 0. The second-order valence-electron chi connectivity index (χ2n) is 12.7. The summed E-state index contributed by atoms with van der Waals surface area (Å²) in [6.07, 6.45) is 44.4. The van der Waals surface area contributed by atoms with E-state index in [-0.39, 0.29) is 5.97 Å². The molecule has 0 N–H and O–H groups in total. The topological polar surface area (TPSA) is 26.3 Å². The van der Waals surface area contributed by atoms with Gasteiger partial charge >= 0.3 is 5.97 Å². The summed E-state index contributed by atoms with van der Waals surface area (Å²) < 4.78 is 5.49. The van der Waals surface area contributed by atoms with E-state index in [1.54, 1.807) is 0 Å². The van der Waals surface area contributed by atoms with Crippen LogP contribution in [0.2, 0.25) is 0 Å². The molecule has 40 heavy (non-hydrogen) atoms. The predicted octanol–water partition coefficient (Wildman–Crippen LogP) is 13.6. The van der Waals surface area contributed by atoms with Crippen molar-refractivity contribution in [2.75, 3.05) is 6.61 Å². The zero-order chi connectivity index (χ0) is 29.2. The highest BCUT2D eigenvalue weighted by Gasteiger charge is 2.05. The Morgan fingerprint density at radius 1 is 0.425 bits per heavy atom. The minimum Gasteiger partial charge on any atom is -0.462 e. The molecule has 0 bridgehead atoms. The maximum Gasteiger partial charge on any atom is 0.333 e. The molecule has 0 saturated carbocycles. The lowest BCUT2D eigenvalue weighted by Gasteiger charge is -2.06. The number of ether oxygens (including phenoxy) is 1. The lowest BCUT2D eigenvalue weighted by atomic mass is 10.0. The van der Waals surface area contributed by atoms with Crippen LogP contribution in [0.3, 0.4) is 0 Å². The van der Waals surface area contributed by atoms with E-state index in [0.29, 0.717) is 6.61 Å². The van der Waals surface area contributed by atoms with Crippen molar-refractivity contribution < 1.29 is 9.53 Å².